The summed E-state index contributed by atoms with van der Waals surface area (Å²) in [7, 11) is -3.83. The van der Waals surface area contributed by atoms with Gasteiger partial charge in [-0.15, -0.1) is 11.3 Å². The Labute approximate surface area is 221 Å². The van der Waals surface area contributed by atoms with E-state index in [2.05, 4.69) is 20.3 Å². The van der Waals surface area contributed by atoms with Gasteiger partial charge in [0.25, 0.3) is 5.91 Å². The third-order valence-electron chi connectivity index (χ3n) is 6.36. The minimum atomic E-state index is -3.83. The second-order valence-electron chi connectivity index (χ2n) is 9.66. The molecule has 2 fully saturated rings. The average molecular weight is 551 g/mol. The van der Waals surface area contributed by atoms with E-state index >= 15 is 0 Å². The molecule has 1 aromatic carbocycles. The zero-order valence-electron chi connectivity index (χ0n) is 21.3. The summed E-state index contributed by atoms with van der Waals surface area (Å²) in [5, 5.41) is 6.69. The van der Waals surface area contributed by atoms with Crippen LogP contribution < -0.4 is 15.4 Å². The Kier molecular flexibility index (Phi) is 8.83. The lowest BCUT2D eigenvalue weighted by atomic mass is 9.86. The van der Waals surface area contributed by atoms with Gasteiger partial charge < -0.3 is 20.1 Å². The molecule has 202 valence electrons. The minimum absolute atomic E-state index is 0.0595. The van der Waals surface area contributed by atoms with Crippen molar-refractivity contribution in [2.45, 2.75) is 75.5 Å². The van der Waals surface area contributed by atoms with Gasteiger partial charge in [-0.1, -0.05) is 13.0 Å². The quantitative estimate of drug-likeness (QED) is 0.435. The molecule has 1 saturated heterocycles. The molecule has 12 heteroatoms. The molecule has 2 amide bonds. The molecule has 0 bridgehead atoms. The number of sulfonamides is 1. The van der Waals surface area contributed by atoms with Crippen molar-refractivity contribution in [3.8, 4) is 10.4 Å². The van der Waals surface area contributed by atoms with Gasteiger partial charge in [-0.3, -0.25) is 4.79 Å². The van der Waals surface area contributed by atoms with Gasteiger partial charge in [0, 0.05) is 41.9 Å². The third-order valence-corrected chi connectivity index (χ3v) is 9.13. The van der Waals surface area contributed by atoms with E-state index in [1.54, 1.807) is 25.3 Å². The van der Waals surface area contributed by atoms with Crippen LogP contribution >= 0.6 is 11.3 Å². The molecule has 4 rings (SSSR count). The molecule has 10 nitrogen and oxygen atoms in total. The van der Waals surface area contributed by atoms with Crippen molar-refractivity contribution in [3.05, 3.63) is 35.0 Å². The largest absolute Gasteiger partial charge is 0.441 e. The van der Waals surface area contributed by atoms with Crippen molar-refractivity contribution >= 4 is 33.4 Å². The van der Waals surface area contributed by atoms with Crippen molar-refractivity contribution in [3.63, 3.8) is 0 Å². The molecule has 2 aromatic rings. The molecule has 1 aliphatic heterocycles. The first-order chi connectivity index (χ1) is 17.7. The van der Waals surface area contributed by atoms with Crippen molar-refractivity contribution in [1.29, 1.82) is 0 Å². The fourth-order valence-corrected chi connectivity index (χ4v) is 6.90. The molecule has 1 aliphatic carbocycles. The molecule has 0 radical (unpaired) electrons. The van der Waals surface area contributed by atoms with Crippen LogP contribution in [0, 0.1) is 0 Å². The number of ether oxygens (including phenoxy) is 2. The van der Waals surface area contributed by atoms with Gasteiger partial charge in [-0.05, 0) is 51.7 Å². The lowest BCUT2D eigenvalue weighted by Crippen LogP contribution is -2.44. The van der Waals surface area contributed by atoms with Crippen LogP contribution in [0.4, 0.5) is 4.79 Å². The van der Waals surface area contributed by atoms with Crippen LogP contribution in [0.15, 0.2) is 29.3 Å². The summed E-state index contributed by atoms with van der Waals surface area (Å²) in [6.45, 7) is 6.56. The molecular weight excluding hydrogens is 516 g/mol. The second kappa shape index (κ2) is 11.9. The number of carbonyl (C=O) groups excluding carboxylic acids is 2. The van der Waals surface area contributed by atoms with Crippen LogP contribution in [-0.2, 0) is 19.5 Å². The summed E-state index contributed by atoms with van der Waals surface area (Å²) in [5.41, 5.74) is 0.803. The molecule has 1 aromatic heterocycles. The van der Waals surface area contributed by atoms with E-state index in [4.69, 9.17) is 9.47 Å². The Balaban J connectivity index is 1.47. The number of carbonyl (C=O) groups is 2. The van der Waals surface area contributed by atoms with Crippen LogP contribution in [0.3, 0.4) is 0 Å². The van der Waals surface area contributed by atoms with E-state index in [1.807, 2.05) is 13.8 Å². The molecule has 0 atom stereocenters. The van der Waals surface area contributed by atoms with Crippen LogP contribution in [0.2, 0.25) is 0 Å². The van der Waals surface area contributed by atoms with Gasteiger partial charge in [0.1, 0.15) is 0 Å². The highest BCUT2D eigenvalue weighted by molar-refractivity contribution is 7.89. The van der Waals surface area contributed by atoms with Gasteiger partial charge >= 0.3 is 6.09 Å². The van der Waals surface area contributed by atoms with Gasteiger partial charge in [-0.25, -0.2) is 22.9 Å². The first-order valence-corrected chi connectivity index (χ1v) is 14.9. The lowest BCUT2D eigenvalue weighted by Gasteiger charge is -2.30. The highest BCUT2D eigenvalue weighted by Crippen LogP contribution is 2.39. The molecule has 2 aliphatic rings. The number of hydrogen-bond donors (Lipinski definition) is 3. The Hall–Kier alpha value is -2.54. The van der Waals surface area contributed by atoms with Crippen LogP contribution in [0.25, 0.3) is 10.4 Å². The van der Waals surface area contributed by atoms with E-state index < -0.39 is 16.1 Å². The van der Waals surface area contributed by atoms with Crippen molar-refractivity contribution < 1.29 is 27.5 Å². The number of amides is 2. The maximum Gasteiger partial charge on any atom is 0.407 e. The zero-order chi connectivity index (χ0) is 26.6. The summed E-state index contributed by atoms with van der Waals surface area (Å²) in [4.78, 5) is 30.0. The fraction of sp³-hybridized carbons (Fsp3) is 0.560. The Bertz CT molecular complexity index is 1220. The normalized spacial score (nSPS) is 20.3. The number of nitrogens with zero attached hydrogens (tertiary/aromatic N) is 1. The van der Waals surface area contributed by atoms with E-state index in [1.165, 1.54) is 17.4 Å². The molecular formula is C25H34N4O6S2. The number of nitrogens with one attached hydrogen (secondary N) is 3. The van der Waals surface area contributed by atoms with Gasteiger partial charge in [0.2, 0.25) is 10.0 Å². The maximum atomic E-state index is 13.0. The number of benzene rings is 1. The predicted molar refractivity (Wildman–Crippen MR) is 140 cm³/mol. The first kappa shape index (κ1) is 27.5. The van der Waals surface area contributed by atoms with Crippen LogP contribution in [0.1, 0.15) is 67.7 Å². The summed E-state index contributed by atoms with van der Waals surface area (Å²) in [6, 6.07) is 4.74. The lowest BCUT2D eigenvalue weighted by molar-refractivity contribution is -0.0985. The van der Waals surface area contributed by atoms with Gasteiger partial charge in [0.05, 0.1) is 28.0 Å². The third kappa shape index (κ3) is 6.86. The molecule has 0 unspecified atom stereocenters. The Morgan fingerprint density at radius 2 is 1.92 bits per heavy atom. The van der Waals surface area contributed by atoms with E-state index in [9.17, 15) is 18.0 Å². The Morgan fingerprint density at radius 1 is 1.19 bits per heavy atom. The fourth-order valence-electron chi connectivity index (χ4n) is 4.42. The number of alkyl carbamates (subject to hydrolysis) is 1. The summed E-state index contributed by atoms with van der Waals surface area (Å²) in [5.74, 6) is -0.0902. The molecule has 0 spiro atoms. The van der Waals surface area contributed by atoms with E-state index in [-0.39, 0.29) is 47.0 Å². The first-order valence-electron chi connectivity index (χ1n) is 12.6. The highest BCUT2D eigenvalue weighted by Gasteiger charge is 2.29. The summed E-state index contributed by atoms with van der Waals surface area (Å²) in [6.07, 6.45) is 4.52. The number of aromatic nitrogens is 1. The minimum Gasteiger partial charge on any atom is -0.441 e. The van der Waals surface area contributed by atoms with Crippen molar-refractivity contribution in [2.24, 2.45) is 0 Å². The van der Waals surface area contributed by atoms with E-state index in [0.29, 0.717) is 18.8 Å². The van der Waals surface area contributed by atoms with Gasteiger partial charge in [-0.2, -0.15) is 0 Å². The second-order valence-corrected chi connectivity index (χ2v) is 12.5. The maximum absolute atomic E-state index is 13.0. The van der Waals surface area contributed by atoms with Crippen LogP contribution in [-0.4, -0.2) is 63.3 Å². The van der Waals surface area contributed by atoms with Crippen LogP contribution in [0.5, 0.6) is 0 Å². The SMILES string of the molecule is CCNS(=O)(=O)c1cc(C(=O)NC(C)C)ccc1-c1cnc([C@H]2CC[C@H](NC(=O)OC3COC3)CC2)s1. The zero-order valence-corrected chi connectivity index (χ0v) is 22.9. The van der Waals surface area contributed by atoms with Gasteiger partial charge in [0.15, 0.2) is 6.10 Å². The van der Waals surface area contributed by atoms with E-state index in [0.717, 1.165) is 35.6 Å². The van der Waals surface area contributed by atoms with Crippen molar-refractivity contribution in [1.82, 2.24) is 20.3 Å². The molecule has 37 heavy (non-hydrogen) atoms. The number of hydrogen-bond acceptors (Lipinski definition) is 8. The topological polar surface area (TPSA) is 136 Å². The number of thiazole rings is 1. The highest BCUT2D eigenvalue weighted by atomic mass is 32.2. The average Bonchev–Trinajstić information content (AvgIpc) is 3.31. The summed E-state index contributed by atoms with van der Waals surface area (Å²) < 4.78 is 38.9. The van der Waals surface area contributed by atoms with Crippen molar-refractivity contribution in [2.75, 3.05) is 19.8 Å². The number of rotatable bonds is 9. The smallest absolute Gasteiger partial charge is 0.407 e. The standard InChI is InChI=1S/C25H34N4O6S2/c1-4-27-37(32,33)22-11-17(23(30)28-15(2)3)7-10-20(22)21-12-26-24(36-21)16-5-8-18(9-6-16)29-25(31)35-19-13-34-14-19/h7,10-12,15-16,18-19,27H,4-6,8-9,13-14H2,1-3H3,(H,28,30)(H,29,31)/t16-,18-. The molecule has 1 saturated carbocycles. The molecule has 2 heterocycles. The predicted octanol–water partition coefficient (Wildman–Crippen LogP) is 3.40. The Morgan fingerprint density at radius 3 is 2.54 bits per heavy atom. The monoisotopic (exact) mass is 550 g/mol. The molecule has 3 N–H and O–H groups in total. The summed E-state index contributed by atoms with van der Waals surface area (Å²) >= 11 is 1.47.